The van der Waals surface area contributed by atoms with Crippen molar-refractivity contribution < 1.29 is 9.53 Å². The summed E-state index contributed by atoms with van der Waals surface area (Å²) in [5, 5.41) is 0. The molecule has 0 unspecified atom stereocenters. The largest absolute Gasteiger partial charge is 0.493 e. The quantitative estimate of drug-likeness (QED) is 0.396. The van der Waals surface area contributed by atoms with Crippen LogP contribution in [0.5, 0.6) is 5.75 Å². The molecular formula is C19H25NO2S. The van der Waals surface area contributed by atoms with Gasteiger partial charge in [-0.05, 0) is 50.1 Å². The van der Waals surface area contributed by atoms with Crippen LogP contribution in [0.2, 0.25) is 0 Å². The van der Waals surface area contributed by atoms with Crippen molar-refractivity contribution in [2.75, 3.05) is 19.9 Å². The molecule has 124 valence electrons. The molecule has 2 rings (SSSR count). The van der Waals surface area contributed by atoms with Crippen molar-refractivity contribution in [1.29, 1.82) is 0 Å². The van der Waals surface area contributed by atoms with E-state index in [0.717, 1.165) is 29.9 Å². The summed E-state index contributed by atoms with van der Waals surface area (Å²) in [6.07, 6.45) is 12.5. The third-order valence-electron chi connectivity index (χ3n) is 4.05. The number of allylic oxidation sites excluding steroid dienone is 3. The second-order valence-corrected chi connectivity index (χ2v) is 6.70. The lowest BCUT2D eigenvalue weighted by molar-refractivity contribution is -0.114. The van der Waals surface area contributed by atoms with Crippen molar-refractivity contribution in [3.63, 3.8) is 0 Å². The van der Waals surface area contributed by atoms with Gasteiger partial charge in [0.1, 0.15) is 5.75 Å². The third kappa shape index (κ3) is 4.90. The van der Waals surface area contributed by atoms with Crippen molar-refractivity contribution in [2.24, 2.45) is 5.92 Å². The van der Waals surface area contributed by atoms with Crippen LogP contribution in [0.3, 0.4) is 0 Å². The van der Waals surface area contributed by atoms with E-state index in [-0.39, 0.29) is 0 Å². The summed E-state index contributed by atoms with van der Waals surface area (Å²) in [4.78, 5) is 13.7. The van der Waals surface area contributed by atoms with Crippen LogP contribution in [-0.4, -0.2) is 31.2 Å². The SMILES string of the molecule is C/C=C\C(=C/N(C)C=O)c1cc(SC)ccc1OCC1CCC1. The zero-order valence-electron chi connectivity index (χ0n) is 14.1. The van der Waals surface area contributed by atoms with Crippen LogP contribution in [0.1, 0.15) is 31.7 Å². The predicted molar refractivity (Wildman–Crippen MR) is 97.7 cm³/mol. The highest BCUT2D eigenvalue weighted by Crippen LogP contribution is 2.33. The van der Waals surface area contributed by atoms with Crippen molar-refractivity contribution >= 4 is 23.7 Å². The fourth-order valence-electron chi connectivity index (χ4n) is 2.49. The van der Waals surface area contributed by atoms with Gasteiger partial charge in [-0.25, -0.2) is 0 Å². The Bertz CT molecular complexity index is 591. The van der Waals surface area contributed by atoms with Crippen LogP contribution in [0, 0.1) is 5.92 Å². The first-order chi connectivity index (χ1) is 11.2. The van der Waals surface area contributed by atoms with Gasteiger partial charge in [0.15, 0.2) is 0 Å². The maximum absolute atomic E-state index is 11.0. The minimum atomic E-state index is 0.690. The number of thioether (sulfide) groups is 1. The van der Waals surface area contributed by atoms with E-state index in [1.165, 1.54) is 29.1 Å². The molecule has 0 heterocycles. The van der Waals surface area contributed by atoms with Gasteiger partial charge in [0.05, 0.1) is 6.61 Å². The molecular weight excluding hydrogens is 306 g/mol. The molecule has 1 aliphatic carbocycles. The van der Waals surface area contributed by atoms with Crippen LogP contribution < -0.4 is 4.74 Å². The highest BCUT2D eigenvalue weighted by molar-refractivity contribution is 7.98. The van der Waals surface area contributed by atoms with Crippen molar-refractivity contribution in [1.82, 2.24) is 4.90 Å². The van der Waals surface area contributed by atoms with Crippen LogP contribution in [-0.2, 0) is 4.79 Å². The molecule has 23 heavy (non-hydrogen) atoms. The number of ether oxygens (including phenoxy) is 1. The van der Waals surface area contributed by atoms with Gasteiger partial charge < -0.3 is 9.64 Å². The molecule has 1 aromatic rings. The first-order valence-electron chi connectivity index (χ1n) is 8.01. The molecule has 4 heteroatoms. The maximum atomic E-state index is 11.0. The van der Waals surface area contributed by atoms with Crippen LogP contribution >= 0.6 is 11.8 Å². The molecule has 0 bridgehead atoms. The van der Waals surface area contributed by atoms with E-state index in [9.17, 15) is 4.79 Å². The lowest BCUT2D eigenvalue weighted by atomic mass is 9.86. The number of hydrogen-bond donors (Lipinski definition) is 0. The van der Waals surface area contributed by atoms with E-state index >= 15 is 0 Å². The number of benzene rings is 1. The lowest BCUT2D eigenvalue weighted by Crippen LogP contribution is -2.19. The van der Waals surface area contributed by atoms with Gasteiger partial charge in [-0.1, -0.05) is 18.6 Å². The molecule has 0 spiro atoms. The first kappa shape index (κ1) is 17.7. The Morgan fingerprint density at radius 2 is 2.22 bits per heavy atom. The molecule has 0 saturated heterocycles. The Morgan fingerprint density at radius 1 is 1.43 bits per heavy atom. The van der Waals surface area contributed by atoms with Gasteiger partial charge in [-0.3, -0.25) is 4.79 Å². The van der Waals surface area contributed by atoms with Gasteiger partial charge in [0, 0.05) is 29.3 Å². The zero-order valence-corrected chi connectivity index (χ0v) is 14.9. The second kappa shape index (κ2) is 8.82. The molecule has 0 aromatic heterocycles. The molecule has 0 radical (unpaired) electrons. The summed E-state index contributed by atoms with van der Waals surface area (Å²) in [5.41, 5.74) is 2.00. The molecule has 1 fully saturated rings. The van der Waals surface area contributed by atoms with Gasteiger partial charge in [0.2, 0.25) is 6.41 Å². The summed E-state index contributed by atoms with van der Waals surface area (Å²) in [6, 6.07) is 6.25. The first-order valence-corrected chi connectivity index (χ1v) is 9.23. The summed E-state index contributed by atoms with van der Waals surface area (Å²) in [7, 11) is 1.74. The fraction of sp³-hybridized carbons (Fsp3) is 0.421. The minimum absolute atomic E-state index is 0.690. The van der Waals surface area contributed by atoms with E-state index in [2.05, 4.69) is 18.4 Å². The fourth-order valence-corrected chi connectivity index (χ4v) is 2.93. The highest BCUT2D eigenvalue weighted by atomic mass is 32.2. The van der Waals surface area contributed by atoms with Crippen LogP contribution in [0.15, 0.2) is 41.4 Å². The number of carbonyl (C=O) groups is 1. The summed E-state index contributed by atoms with van der Waals surface area (Å²) in [6.45, 7) is 2.75. The van der Waals surface area contributed by atoms with Crippen molar-refractivity contribution in [3.05, 3.63) is 42.1 Å². The normalized spacial score (nSPS) is 15.5. The van der Waals surface area contributed by atoms with Crippen molar-refractivity contribution in [2.45, 2.75) is 31.1 Å². The standard InChI is InChI=1S/C19H25NO2S/c1-4-6-16(12-20(2)14-21)18-11-17(23-3)9-10-19(18)22-13-15-7-5-8-15/h4,6,9-12,14-15H,5,7-8,13H2,1-3H3/b6-4-,16-12+. The Kier molecular flexibility index (Phi) is 6.78. The lowest BCUT2D eigenvalue weighted by Gasteiger charge is -2.26. The van der Waals surface area contributed by atoms with E-state index in [1.54, 1.807) is 18.8 Å². The highest BCUT2D eigenvalue weighted by Gasteiger charge is 2.19. The molecule has 0 aliphatic heterocycles. The Morgan fingerprint density at radius 3 is 2.78 bits per heavy atom. The molecule has 1 amide bonds. The summed E-state index contributed by atoms with van der Waals surface area (Å²) in [5.74, 6) is 1.58. The number of nitrogens with zero attached hydrogens (tertiary/aromatic N) is 1. The second-order valence-electron chi connectivity index (χ2n) is 5.83. The molecule has 1 aromatic carbocycles. The Balaban J connectivity index is 2.33. The van der Waals surface area contributed by atoms with Gasteiger partial charge in [-0.2, -0.15) is 0 Å². The van der Waals surface area contributed by atoms with E-state index in [1.807, 2.05) is 31.3 Å². The van der Waals surface area contributed by atoms with Crippen LogP contribution in [0.4, 0.5) is 0 Å². The van der Waals surface area contributed by atoms with E-state index in [0.29, 0.717) is 5.92 Å². The Hall–Kier alpha value is -1.68. The molecule has 3 nitrogen and oxygen atoms in total. The topological polar surface area (TPSA) is 29.5 Å². The molecule has 0 N–H and O–H groups in total. The van der Waals surface area contributed by atoms with Gasteiger partial charge in [0.25, 0.3) is 0 Å². The smallest absolute Gasteiger partial charge is 0.213 e. The molecule has 1 saturated carbocycles. The number of rotatable bonds is 8. The summed E-state index contributed by atoms with van der Waals surface area (Å²) >= 11 is 1.70. The number of hydrogen-bond acceptors (Lipinski definition) is 3. The zero-order chi connectivity index (χ0) is 16.7. The molecule has 0 atom stereocenters. The van der Waals surface area contributed by atoms with E-state index in [4.69, 9.17) is 4.74 Å². The average Bonchev–Trinajstić information content (AvgIpc) is 2.53. The van der Waals surface area contributed by atoms with Gasteiger partial charge in [-0.15, -0.1) is 11.8 Å². The average molecular weight is 331 g/mol. The number of amides is 1. The minimum Gasteiger partial charge on any atom is -0.493 e. The monoisotopic (exact) mass is 331 g/mol. The van der Waals surface area contributed by atoms with Crippen LogP contribution in [0.25, 0.3) is 5.57 Å². The van der Waals surface area contributed by atoms with Crippen molar-refractivity contribution in [3.8, 4) is 5.75 Å². The van der Waals surface area contributed by atoms with Gasteiger partial charge >= 0.3 is 0 Å². The number of carbonyl (C=O) groups excluding carboxylic acids is 1. The summed E-state index contributed by atoms with van der Waals surface area (Å²) < 4.78 is 6.09. The van der Waals surface area contributed by atoms with E-state index < -0.39 is 0 Å². The third-order valence-corrected chi connectivity index (χ3v) is 4.78. The molecule has 1 aliphatic rings. The Labute approximate surface area is 143 Å². The maximum Gasteiger partial charge on any atom is 0.213 e. The predicted octanol–water partition coefficient (Wildman–Crippen LogP) is 4.59.